The molecule has 0 heteroatoms. The fourth-order valence-electron chi connectivity index (χ4n) is 1.98. The third-order valence-corrected chi connectivity index (χ3v) is 3.10. The van der Waals surface area contributed by atoms with E-state index in [1.165, 1.54) is 22.3 Å². The van der Waals surface area contributed by atoms with Crippen LogP contribution in [0.3, 0.4) is 0 Å². The molecule has 0 amide bonds. The highest BCUT2D eigenvalue weighted by molar-refractivity contribution is 5.48. The van der Waals surface area contributed by atoms with E-state index in [-0.39, 0.29) is 0 Å². The van der Waals surface area contributed by atoms with Gasteiger partial charge in [-0.1, -0.05) is 73.8 Å². The van der Waals surface area contributed by atoms with E-state index in [4.69, 9.17) is 0 Å². The van der Waals surface area contributed by atoms with E-state index >= 15 is 0 Å². The smallest absolute Gasteiger partial charge is 0.0238 e. The molecular weight excluding hydrogens is 216 g/mol. The molecule has 0 bridgehead atoms. The summed E-state index contributed by atoms with van der Waals surface area (Å²) in [4.78, 5) is 0. The molecule has 0 fully saturated rings. The van der Waals surface area contributed by atoms with Gasteiger partial charge in [-0.05, 0) is 35.1 Å². The van der Waals surface area contributed by atoms with Gasteiger partial charge in [-0.2, -0.15) is 0 Å². The van der Waals surface area contributed by atoms with Crippen molar-refractivity contribution in [2.24, 2.45) is 0 Å². The highest BCUT2D eigenvalue weighted by atomic mass is 14.0. The van der Waals surface area contributed by atoms with Crippen LogP contribution in [0.1, 0.15) is 22.3 Å². The summed E-state index contributed by atoms with van der Waals surface area (Å²) in [5.74, 6) is 0. The molecule has 0 N–H and O–H groups in total. The zero-order chi connectivity index (χ0) is 12.8. The minimum absolute atomic E-state index is 1.06. The van der Waals surface area contributed by atoms with Crippen LogP contribution in [-0.2, 0) is 12.8 Å². The molecule has 0 atom stereocenters. The summed E-state index contributed by atoms with van der Waals surface area (Å²) in [5, 5.41) is 0. The van der Waals surface area contributed by atoms with Crippen molar-refractivity contribution in [1.29, 1.82) is 0 Å². The van der Waals surface area contributed by atoms with Crippen molar-refractivity contribution >= 4 is 12.2 Å². The molecule has 0 saturated heterocycles. The largest absolute Gasteiger partial charge is 0.0985 e. The normalized spacial score (nSPS) is 10.0. The number of aryl methyl sites for hydroxylation is 2. The van der Waals surface area contributed by atoms with E-state index in [0.717, 1.165) is 12.8 Å². The topological polar surface area (TPSA) is 0 Å². The van der Waals surface area contributed by atoms with E-state index < -0.39 is 0 Å². The third kappa shape index (κ3) is 3.21. The molecular formula is C18H18. The van der Waals surface area contributed by atoms with Crippen LogP contribution >= 0.6 is 0 Å². The summed E-state index contributed by atoms with van der Waals surface area (Å²) < 4.78 is 0. The second-order valence-corrected chi connectivity index (χ2v) is 4.39. The summed E-state index contributed by atoms with van der Waals surface area (Å²) in [5.41, 5.74) is 5.09. The third-order valence-electron chi connectivity index (χ3n) is 3.10. The Balaban J connectivity index is 2.01. The maximum atomic E-state index is 3.80. The maximum Gasteiger partial charge on any atom is -0.0238 e. The quantitative estimate of drug-likeness (QED) is 0.700. The minimum Gasteiger partial charge on any atom is -0.0985 e. The van der Waals surface area contributed by atoms with Crippen LogP contribution in [0.2, 0.25) is 0 Å². The first kappa shape index (κ1) is 12.4. The second-order valence-electron chi connectivity index (χ2n) is 4.39. The van der Waals surface area contributed by atoms with Crippen molar-refractivity contribution in [2.45, 2.75) is 12.8 Å². The van der Waals surface area contributed by atoms with E-state index in [0.29, 0.717) is 0 Å². The lowest BCUT2D eigenvalue weighted by molar-refractivity contribution is 0.959. The molecule has 0 radical (unpaired) electrons. The molecule has 90 valence electrons. The molecule has 0 heterocycles. The molecule has 0 saturated carbocycles. The van der Waals surface area contributed by atoms with Crippen molar-refractivity contribution in [3.63, 3.8) is 0 Å². The Morgan fingerprint density at radius 2 is 1.39 bits per heavy atom. The Bertz CT molecular complexity index is 532. The molecule has 2 rings (SSSR count). The van der Waals surface area contributed by atoms with Gasteiger partial charge in [0, 0.05) is 0 Å². The fourth-order valence-corrected chi connectivity index (χ4v) is 1.98. The summed E-state index contributed by atoms with van der Waals surface area (Å²) in [6, 6.07) is 17.1. The van der Waals surface area contributed by atoms with Gasteiger partial charge in [0.2, 0.25) is 0 Å². The predicted octanol–water partition coefficient (Wildman–Crippen LogP) is 4.76. The van der Waals surface area contributed by atoms with Gasteiger partial charge in [-0.15, -0.1) is 0 Å². The lowest BCUT2D eigenvalue weighted by Gasteiger charge is -2.04. The first-order valence-electron chi connectivity index (χ1n) is 6.24. The number of hydrogen-bond donors (Lipinski definition) is 0. The molecule has 0 unspecified atom stereocenters. The summed E-state index contributed by atoms with van der Waals surface area (Å²) >= 11 is 0. The van der Waals surface area contributed by atoms with E-state index in [2.05, 4.69) is 61.7 Å². The van der Waals surface area contributed by atoms with Crippen LogP contribution in [0.25, 0.3) is 12.2 Å². The number of benzene rings is 2. The van der Waals surface area contributed by atoms with Crippen molar-refractivity contribution in [3.05, 3.63) is 83.9 Å². The van der Waals surface area contributed by atoms with Gasteiger partial charge in [0.15, 0.2) is 0 Å². The zero-order valence-corrected chi connectivity index (χ0v) is 10.6. The van der Waals surface area contributed by atoms with Gasteiger partial charge in [0.05, 0.1) is 0 Å². The van der Waals surface area contributed by atoms with Crippen LogP contribution in [0.5, 0.6) is 0 Å². The first-order valence-corrected chi connectivity index (χ1v) is 6.24. The van der Waals surface area contributed by atoms with Gasteiger partial charge in [0.25, 0.3) is 0 Å². The Morgan fingerprint density at radius 3 is 2.06 bits per heavy atom. The molecule has 0 aliphatic carbocycles. The minimum atomic E-state index is 1.06. The highest BCUT2D eigenvalue weighted by Crippen LogP contribution is 2.12. The predicted molar refractivity (Wildman–Crippen MR) is 80.5 cm³/mol. The average molecular weight is 234 g/mol. The van der Waals surface area contributed by atoms with Crippen LogP contribution in [0.15, 0.2) is 61.7 Å². The SMILES string of the molecule is C=Cc1ccc(CCc2cccc(C=C)c2)cc1. The Labute approximate surface area is 109 Å². The molecule has 2 aromatic carbocycles. The average Bonchev–Trinajstić information content (AvgIpc) is 2.46. The molecule has 0 nitrogen and oxygen atoms in total. The van der Waals surface area contributed by atoms with E-state index in [1.54, 1.807) is 0 Å². The van der Waals surface area contributed by atoms with Crippen LogP contribution in [-0.4, -0.2) is 0 Å². The molecule has 0 aliphatic heterocycles. The summed E-state index contributed by atoms with van der Waals surface area (Å²) in [6.07, 6.45) is 5.90. The Kier molecular flexibility index (Phi) is 4.14. The Hall–Kier alpha value is -2.08. The van der Waals surface area contributed by atoms with Crippen LogP contribution in [0.4, 0.5) is 0 Å². The van der Waals surface area contributed by atoms with Crippen molar-refractivity contribution in [2.75, 3.05) is 0 Å². The number of hydrogen-bond acceptors (Lipinski definition) is 0. The Morgan fingerprint density at radius 1 is 0.722 bits per heavy atom. The lowest BCUT2D eigenvalue weighted by atomic mass is 10.0. The maximum absolute atomic E-state index is 3.80. The van der Waals surface area contributed by atoms with E-state index in [9.17, 15) is 0 Å². The molecule has 18 heavy (non-hydrogen) atoms. The number of rotatable bonds is 5. The molecule has 0 aliphatic rings. The first-order chi connectivity index (χ1) is 8.81. The van der Waals surface area contributed by atoms with Gasteiger partial charge < -0.3 is 0 Å². The van der Waals surface area contributed by atoms with Gasteiger partial charge in [-0.3, -0.25) is 0 Å². The van der Waals surface area contributed by atoms with Gasteiger partial charge >= 0.3 is 0 Å². The van der Waals surface area contributed by atoms with E-state index in [1.807, 2.05) is 12.2 Å². The molecule has 0 spiro atoms. The van der Waals surface area contributed by atoms with Gasteiger partial charge in [0.1, 0.15) is 0 Å². The molecule has 2 aromatic rings. The highest BCUT2D eigenvalue weighted by Gasteiger charge is 1.97. The zero-order valence-electron chi connectivity index (χ0n) is 10.6. The van der Waals surface area contributed by atoms with Crippen molar-refractivity contribution in [1.82, 2.24) is 0 Å². The fraction of sp³-hybridized carbons (Fsp3) is 0.111. The summed E-state index contributed by atoms with van der Waals surface area (Å²) in [7, 11) is 0. The second kappa shape index (κ2) is 6.02. The lowest BCUT2D eigenvalue weighted by Crippen LogP contribution is -1.91. The van der Waals surface area contributed by atoms with Crippen molar-refractivity contribution in [3.8, 4) is 0 Å². The van der Waals surface area contributed by atoms with Gasteiger partial charge in [-0.25, -0.2) is 0 Å². The van der Waals surface area contributed by atoms with Crippen LogP contribution < -0.4 is 0 Å². The van der Waals surface area contributed by atoms with Crippen molar-refractivity contribution < 1.29 is 0 Å². The van der Waals surface area contributed by atoms with Crippen LogP contribution in [0, 0.1) is 0 Å². The standard InChI is InChI=1S/C18H18/c1-3-15-8-10-17(11-9-15)12-13-18-7-5-6-16(4-2)14-18/h3-11,14H,1-2,12-13H2. The monoisotopic (exact) mass is 234 g/mol. The summed E-state index contributed by atoms with van der Waals surface area (Å²) in [6.45, 7) is 7.56. The molecule has 0 aromatic heterocycles.